The van der Waals surface area contributed by atoms with Crippen LogP contribution in [0.2, 0.25) is 0 Å². The second-order valence-corrected chi connectivity index (χ2v) is 8.23. The van der Waals surface area contributed by atoms with E-state index < -0.39 is 30.9 Å². The van der Waals surface area contributed by atoms with E-state index in [4.69, 9.17) is 0 Å². The zero-order valence-corrected chi connectivity index (χ0v) is 15.9. The van der Waals surface area contributed by atoms with E-state index in [9.17, 15) is 31.7 Å². The molecule has 2 heterocycles. The second-order valence-electron chi connectivity index (χ2n) is 6.29. The summed E-state index contributed by atoms with van der Waals surface area (Å²) in [4.78, 5) is 21.3. The van der Waals surface area contributed by atoms with Gasteiger partial charge >= 0.3 is 5.51 Å². The van der Waals surface area contributed by atoms with Gasteiger partial charge in [-0.05, 0) is 25.1 Å². The van der Waals surface area contributed by atoms with Crippen molar-refractivity contribution in [3.63, 3.8) is 0 Å². The number of sulfone groups is 1. The van der Waals surface area contributed by atoms with Crippen LogP contribution in [0.4, 0.5) is 30.4 Å². The molecule has 13 heteroatoms. The van der Waals surface area contributed by atoms with E-state index in [0.29, 0.717) is 43.9 Å². The van der Waals surface area contributed by atoms with Crippen LogP contribution < -0.4 is 9.80 Å². The molecule has 156 valence electrons. The molecule has 0 N–H and O–H groups in total. The first kappa shape index (κ1) is 20.8. The number of anilines is 2. The number of hydrogen-bond acceptors (Lipinski definition) is 8. The number of nitro groups is 1. The number of nitro benzene ring substituents is 1. The van der Waals surface area contributed by atoms with Gasteiger partial charge in [-0.25, -0.2) is 18.4 Å². The van der Waals surface area contributed by atoms with Crippen LogP contribution in [0.5, 0.6) is 0 Å². The SMILES string of the molecule is Cc1nccc(N2CCN(c3ccc(S(=O)(=O)C(F)(F)F)cc3[N+](=O)[O-])CC2)n1. The van der Waals surface area contributed by atoms with Crippen LogP contribution in [-0.2, 0) is 9.84 Å². The number of rotatable bonds is 4. The molecule has 0 amide bonds. The Labute approximate surface area is 163 Å². The highest BCUT2D eigenvalue weighted by molar-refractivity contribution is 7.92. The molecule has 0 spiro atoms. The van der Waals surface area contributed by atoms with Crippen LogP contribution in [0.3, 0.4) is 0 Å². The lowest BCUT2D eigenvalue weighted by atomic mass is 10.2. The van der Waals surface area contributed by atoms with Crippen LogP contribution in [0.15, 0.2) is 35.4 Å². The highest BCUT2D eigenvalue weighted by Crippen LogP contribution is 2.36. The molecule has 1 aromatic heterocycles. The summed E-state index contributed by atoms with van der Waals surface area (Å²) >= 11 is 0. The second kappa shape index (κ2) is 7.46. The largest absolute Gasteiger partial charge is 0.501 e. The van der Waals surface area contributed by atoms with Gasteiger partial charge in [-0.1, -0.05) is 0 Å². The summed E-state index contributed by atoms with van der Waals surface area (Å²) in [5.74, 6) is 1.31. The molecular weight excluding hydrogens is 415 g/mol. The molecule has 9 nitrogen and oxygen atoms in total. The Bertz CT molecular complexity index is 1040. The molecule has 1 aliphatic rings. The molecule has 3 rings (SSSR count). The third-order valence-electron chi connectivity index (χ3n) is 4.46. The van der Waals surface area contributed by atoms with Crippen LogP contribution in [0, 0.1) is 17.0 Å². The zero-order valence-electron chi connectivity index (χ0n) is 15.1. The first-order valence-electron chi connectivity index (χ1n) is 8.40. The van der Waals surface area contributed by atoms with Crippen molar-refractivity contribution in [3.05, 3.63) is 46.4 Å². The molecule has 0 bridgehead atoms. The molecule has 1 saturated heterocycles. The van der Waals surface area contributed by atoms with E-state index in [-0.39, 0.29) is 5.69 Å². The van der Waals surface area contributed by atoms with Gasteiger partial charge in [0.25, 0.3) is 15.5 Å². The lowest BCUT2D eigenvalue weighted by Gasteiger charge is -2.36. The first-order valence-corrected chi connectivity index (χ1v) is 9.88. The summed E-state index contributed by atoms with van der Waals surface area (Å²) in [6.07, 6.45) is 1.62. The van der Waals surface area contributed by atoms with Crippen molar-refractivity contribution in [1.82, 2.24) is 9.97 Å². The number of piperazine rings is 1. The molecule has 1 aliphatic heterocycles. The summed E-state index contributed by atoms with van der Waals surface area (Å²) < 4.78 is 61.4. The number of hydrogen-bond donors (Lipinski definition) is 0. The number of benzene rings is 1. The van der Waals surface area contributed by atoms with Crippen molar-refractivity contribution < 1.29 is 26.5 Å². The fourth-order valence-electron chi connectivity index (χ4n) is 3.01. The lowest BCUT2D eigenvalue weighted by Crippen LogP contribution is -2.47. The molecule has 0 aliphatic carbocycles. The Kier molecular flexibility index (Phi) is 5.34. The maximum absolute atomic E-state index is 12.8. The van der Waals surface area contributed by atoms with Gasteiger partial charge in [-0.3, -0.25) is 10.1 Å². The van der Waals surface area contributed by atoms with Crippen molar-refractivity contribution in [2.45, 2.75) is 17.3 Å². The summed E-state index contributed by atoms with van der Waals surface area (Å²) in [7, 11) is -5.67. The summed E-state index contributed by atoms with van der Waals surface area (Å²) in [5, 5.41) is 11.4. The van der Waals surface area contributed by atoms with Crippen molar-refractivity contribution in [2.24, 2.45) is 0 Å². The highest BCUT2D eigenvalue weighted by atomic mass is 32.2. The topological polar surface area (TPSA) is 110 Å². The summed E-state index contributed by atoms with van der Waals surface area (Å²) in [5.41, 5.74) is -6.17. The Morgan fingerprint density at radius 2 is 1.72 bits per heavy atom. The van der Waals surface area contributed by atoms with E-state index in [1.54, 1.807) is 24.1 Å². The average Bonchev–Trinajstić information content (AvgIpc) is 2.66. The van der Waals surface area contributed by atoms with Crippen molar-refractivity contribution >= 4 is 27.0 Å². The smallest absolute Gasteiger partial charge is 0.362 e. The van der Waals surface area contributed by atoms with Crippen molar-refractivity contribution in [2.75, 3.05) is 36.0 Å². The Morgan fingerprint density at radius 1 is 1.10 bits per heavy atom. The van der Waals surface area contributed by atoms with Crippen molar-refractivity contribution in [3.8, 4) is 0 Å². The molecule has 1 aromatic carbocycles. The quantitative estimate of drug-likeness (QED) is 0.536. The van der Waals surface area contributed by atoms with E-state index in [0.717, 1.165) is 12.1 Å². The Morgan fingerprint density at radius 3 is 2.28 bits per heavy atom. The van der Waals surface area contributed by atoms with Crippen LogP contribution in [0.1, 0.15) is 5.82 Å². The minimum Gasteiger partial charge on any atom is -0.362 e. The van der Waals surface area contributed by atoms with Gasteiger partial charge in [0.05, 0.1) is 9.82 Å². The standard InChI is InChI=1S/C16H16F3N5O4S/c1-11-20-5-4-15(21-11)23-8-6-22(7-9-23)13-3-2-12(10-14(13)24(25)26)29(27,28)16(17,18)19/h2-5,10H,6-9H2,1H3. The predicted molar refractivity (Wildman–Crippen MR) is 97.5 cm³/mol. The van der Waals surface area contributed by atoms with Crippen LogP contribution >= 0.6 is 0 Å². The molecule has 0 unspecified atom stereocenters. The van der Waals surface area contributed by atoms with Gasteiger partial charge in [0.15, 0.2) is 0 Å². The van der Waals surface area contributed by atoms with Gasteiger partial charge in [0.2, 0.25) is 0 Å². The van der Waals surface area contributed by atoms with Gasteiger partial charge in [0.1, 0.15) is 17.3 Å². The predicted octanol–water partition coefficient (Wildman–Crippen LogP) is 2.31. The number of halogens is 3. The zero-order chi connectivity index (χ0) is 21.4. The molecule has 0 radical (unpaired) electrons. The number of nitrogens with zero attached hydrogens (tertiary/aromatic N) is 5. The monoisotopic (exact) mass is 431 g/mol. The summed E-state index contributed by atoms with van der Waals surface area (Å²) in [6.45, 7) is 3.37. The fourth-order valence-corrected chi connectivity index (χ4v) is 3.80. The van der Waals surface area contributed by atoms with Gasteiger partial charge in [-0.2, -0.15) is 13.2 Å². The highest BCUT2D eigenvalue weighted by Gasteiger charge is 2.47. The van der Waals surface area contributed by atoms with E-state index in [2.05, 4.69) is 9.97 Å². The third kappa shape index (κ3) is 4.09. The molecule has 2 aromatic rings. The number of alkyl halides is 3. The molecule has 29 heavy (non-hydrogen) atoms. The normalized spacial score (nSPS) is 15.4. The van der Waals surface area contributed by atoms with E-state index in [1.165, 1.54) is 0 Å². The maximum Gasteiger partial charge on any atom is 0.501 e. The minimum atomic E-state index is -5.67. The van der Waals surface area contributed by atoms with Gasteiger partial charge in [0, 0.05) is 38.4 Å². The number of aromatic nitrogens is 2. The van der Waals surface area contributed by atoms with E-state index in [1.807, 2.05) is 4.90 Å². The molecule has 1 fully saturated rings. The van der Waals surface area contributed by atoms with Gasteiger partial charge < -0.3 is 9.80 Å². The first-order chi connectivity index (χ1) is 13.5. The third-order valence-corrected chi connectivity index (χ3v) is 5.95. The minimum absolute atomic E-state index is 0.0645. The fraction of sp³-hybridized carbons (Fsp3) is 0.375. The molecule has 0 saturated carbocycles. The molecular formula is C16H16F3N5O4S. The molecule has 0 atom stereocenters. The summed E-state index contributed by atoms with van der Waals surface area (Å²) in [6, 6.07) is 3.98. The van der Waals surface area contributed by atoms with Crippen LogP contribution in [0.25, 0.3) is 0 Å². The lowest BCUT2D eigenvalue weighted by molar-refractivity contribution is -0.384. The van der Waals surface area contributed by atoms with Crippen molar-refractivity contribution in [1.29, 1.82) is 0 Å². The Balaban J connectivity index is 1.85. The Hall–Kier alpha value is -2.96. The van der Waals surface area contributed by atoms with Crippen LogP contribution in [-0.4, -0.2) is 55.0 Å². The average molecular weight is 431 g/mol. The van der Waals surface area contributed by atoms with Gasteiger partial charge in [-0.15, -0.1) is 0 Å². The number of aryl methyl sites for hydroxylation is 1. The maximum atomic E-state index is 12.8. The van der Waals surface area contributed by atoms with E-state index >= 15 is 0 Å².